The second kappa shape index (κ2) is 4.08. The van der Waals surface area contributed by atoms with Crippen LogP contribution in [0.2, 0.25) is 0 Å². The molecule has 1 saturated carbocycles. The fourth-order valence-corrected chi connectivity index (χ4v) is 1.84. The lowest BCUT2D eigenvalue weighted by Gasteiger charge is -2.26. The molecule has 1 aliphatic rings. The van der Waals surface area contributed by atoms with Crippen molar-refractivity contribution in [1.29, 1.82) is 0 Å². The van der Waals surface area contributed by atoms with Crippen LogP contribution in [0.5, 0.6) is 0 Å². The molecule has 0 amide bonds. The summed E-state index contributed by atoms with van der Waals surface area (Å²) in [6.07, 6.45) is 3.84. The molecule has 1 aliphatic carbocycles. The van der Waals surface area contributed by atoms with Gasteiger partial charge in [-0.2, -0.15) is 5.10 Å². The summed E-state index contributed by atoms with van der Waals surface area (Å²) >= 11 is 0. The predicted molar refractivity (Wildman–Crippen MR) is 59.6 cm³/mol. The molecule has 5 nitrogen and oxygen atoms in total. The Labute approximate surface area is 94.1 Å². The average Bonchev–Trinajstić information content (AvgIpc) is 3.11. The standard InChI is InChI=1S/C11H15N3O2/c1-7(8-3-4-8)14(2)10-9(11(15)16)5-6-12-13-10/h5-8H,3-4H2,1-2H3,(H,15,16). The van der Waals surface area contributed by atoms with Crippen molar-refractivity contribution in [2.75, 3.05) is 11.9 Å². The van der Waals surface area contributed by atoms with Crippen molar-refractivity contribution in [3.63, 3.8) is 0 Å². The van der Waals surface area contributed by atoms with Gasteiger partial charge in [0.1, 0.15) is 5.56 Å². The number of aromatic nitrogens is 2. The molecule has 1 aromatic rings. The van der Waals surface area contributed by atoms with Gasteiger partial charge in [-0.3, -0.25) is 0 Å². The summed E-state index contributed by atoms with van der Waals surface area (Å²) in [6, 6.07) is 1.80. The summed E-state index contributed by atoms with van der Waals surface area (Å²) in [5.41, 5.74) is 0.213. The maximum Gasteiger partial charge on any atom is 0.339 e. The van der Waals surface area contributed by atoms with E-state index < -0.39 is 5.97 Å². The Morgan fingerprint density at radius 1 is 1.62 bits per heavy atom. The van der Waals surface area contributed by atoms with Crippen LogP contribution >= 0.6 is 0 Å². The van der Waals surface area contributed by atoms with E-state index in [1.807, 2.05) is 11.9 Å². The molecule has 0 bridgehead atoms. The molecule has 1 atom stereocenters. The van der Waals surface area contributed by atoms with Gasteiger partial charge in [-0.05, 0) is 31.7 Å². The zero-order valence-electron chi connectivity index (χ0n) is 9.42. The Balaban J connectivity index is 2.27. The third-order valence-corrected chi connectivity index (χ3v) is 3.18. The fraction of sp³-hybridized carbons (Fsp3) is 0.545. The summed E-state index contributed by atoms with van der Waals surface area (Å²) in [5.74, 6) is 0.155. The molecule has 1 aromatic heterocycles. The number of rotatable bonds is 4. The summed E-state index contributed by atoms with van der Waals surface area (Å²) < 4.78 is 0. The van der Waals surface area contributed by atoms with Crippen LogP contribution in [0.25, 0.3) is 0 Å². The Hall–Kier alpha value is -1.65. The van der Waals surface area contributed by atoms with Crippen molar-refractivity contribution < 1.29 is 9.90 Å². The molecule has 0 spiro atoms. The molecule has 2 rings (SSSR count). The van der Waals surface area contributed by atoms with E-state index in [1.54, 1.807) is 0 Å². The molecule has 1 unspecified atom stereocenters. The molecule has 5 heteroatoms. The number of carboxylic acid groups (broad SMARTS) is 1. The normalized spacial score (nSPS) is 16.9. The SMILES string of the molecule is CC(C1CC1)N(C)c1nnccc1C(=O)O. The van der Waals surface area contributed by atoms with Gasteiger partial charge in [0, 0.05) is 13.1 Å². The maximum atomic E-state index is 11.0. The molecule has 0 aromatic carbocycles. The average molecular weight is 221 g/mol. The van der Waals surface area contributed by atoms with Crippen LogP contribution in [-0.2, 0) is 0 Å². The Bertz CT molecular complexity index is 404. The Morgan fingerprint density at radius 3 is 2.88 bits per heavy atom. The highest BCUT2D eigenvalue weighted by molar-refractivity contribution is 5.93. The first-order valence-electron chi connectivity index (χ1n) is 5.39. The molecule has 0 saturated heterocycles. The number of carbonyl (C=O) groups is 1. The lowest BCUT2D eigenvalue weighted by atomic mass is 10.1. The minimum atomic E-state index is -0.959. The van der Waals surface area contributed by atoms with Crippen LogP contribution in [0, 0.1) is 5.92 Å². The molecule has 1 fully saturated rings. The van der Waals surface area contributed by atoms with Crippen molar-refractivity contribution in [1.82, 2.24) is 10.2 Å². The first-order chi connectivity index (χ1) is 7.61. The number of anilines is 1. The van der Waals surface area contributed by atoms with Crippen molar-refractivity contribution in [3.8, 4) is 0 Å². The molecule has 16 heavy (non-hydrogen) atoms. The Kier molecular flexibility index (Phi) is 2.77. The topological polar surface area (TPSA) is 66.3 Å². The third-order valence-electron chi connectivity index (χ3n) is 3.18. The van der Waals surface area contributed by atoms with Crippen LogP contribution in [0.4, 0.5) is 5.82 Å². The van der Waals surface area contributed by atoms with E-state index in [2.05, 4.69) is 17.1 Å². The zero-order valence-corrected chi connectivity index (χ0v) is 9.42. The number of aromatic carboxylic acids is 1. The van der Waals surface area contributed by atoms with Crippen molar-refractivity contribution >= 4 is 11.8 Å². The molecule has 1 heterocycles. The summed E-state index contributed by atoms with van der Waals surface area (Å²) in [7, 11) is 1.87. The molecule has 0 radical (unpaired) electrons. The van der Waals surface area contributed by atoms with E-state index in [1.165, 1.54) is 25.1 Å². The van der Waals surface area contributed by atoms with Crippen LogP contribution in [0.3, 0.4) is 0 Å². The number of hydrogen-bond donors (Lipinski definition) is 1. The second-order valence-electron chi connectivity index (χ2n) is 4.26. The predicted octanol–water partition coefficient (Wildman–Crippen LogP) is 1.41. The molecule has 86 valence electrons. The lowest BCUT2D eigenvalue weighted by Crippen LogP contribution is -2.32. The molecular weight excluding hydrogens is 206 g/mol. The van der Waals surface area contributed by atoms with Gasteiger partial charge < -0.3 is 10.0 Å². The summed E-state index contributed by atoms with van der Waals surface area (Å²) in [4.78, 5) is 13.0. The van der Waals surface area contributed by atoms with Gasteiger partial charge in [0.2, 0.25) is 0 Å². The lowest BCUT2D eigenvalue weighted by molar-refractivity contribution is 0.0697. The monoisotopic (exact) mass is 221 g/mol. The third kappa shape index (κ3) is 1.98. The van der Waals surface area contributed by atoms with E-state index in [4.69, 9.17) is 5.11 Å². The van der Waals surface area contributed by atoms with Crippen molar-refractivity contribution in [3.05, 3.63) is 17.8 Å². The van der Waals surface area contributed by atoms with Crippen LogP contribution in [0.1, 0.15) is 30.1 Å². The first kappa shape index (κ1) is 10.9. The van der Waals surface area contributed by atoms with Gasteiger partial charge in [0.15, 0.2) is 5.82 Å². The van der Waals surface area contributed by atoms with Gasteiger partial charge in [-0.15, -0.1) is 5.10 Å². The van der Waals surface area contributed by atoms with E-state index >= 15 is 0 Å². The quantitative estimate of drug-likeness (QED) is 0.832. The maximum absolute atomic E-state index is 11.0. The van der Waals surface area contributed by atoms with E-state index in [9.17, 15) is 4.79 Å². The second-order valence-corrected chi connectivity index (χ2v) is 4.26. The minimum absolute atomic E-state index is 0.213. The van der Waals surface area contributed by atoms with Gasteiger partial charge >= 0.3 is 5.97 Å². The van der Waals surface area contributed by atoms with E-state index in [0.29, 0.717) is 17.8 Å². The highest BCUT2D eigenvalue weighted by Gasteiger charge is 2.32. The largest absolute Gasteiger partial charge is 0.478 e. The van der Waals surface area contributed by atoms with Gasteiger partial charge in [0.05, 0.1) is 6.20 Å². The smallest absolute Gasteiger partial charge is 0.339 e. The van der Waals surface area contributed by atoms with Crippen molar-refractivity contribution in [2.45, 2.75) is 25.8 Å². The van der Waals surface area contributed by atoms with E-state index in [0.717, 1.165) is 0 Å². The minimum Gasteiger partial charge on any atom is -0.478 e. The highest BCUT2D eigenvalue weighted by Crippen LogP contribution is 2.36. The zero-order chi connectivity index (χ0) is 11.7. The fourth-order valence-electron chi connectivity index (χ4n) is 1.84. The van der Waals surface area contributed by atoms with Gasteiger partial charge in [-0.25, -0.2) is 4.79 Å². The van der Waals surface area contributed by atoms with Crippen LogP contribution in [-0.4, -0.2) is 34.4 Å². The van der Waals surface area contributed by atoms with Gasteiger partial charge in [0.25, 0.3) is 0 Å². The number of carboxylic acids is 1. The van der Waals surface area contributed by atoms with Gasteiger partial charge in [-0.1, -0.05) is 0 Å². The molecule has 0 aliphatic heterocycles. The number of nitrogens with zero attached hydrogens (tertiary/aromatic N) is 3. The van der Waals surface area contributed by atoms with Crippen LogP contribution in [0.15, 0.2) is 12.3 Å². The molecule has 1 N–H and O–H groups in total. The van der Waals surface area contributed by atoms with Crippen molar-refractivity contribution in [2.24, 2.45) is 5.92 Å². The molecular formula is C11H15N3O2. The van der Waals surface area contributed by atoms with E-state index in [-0.39, 0.29) is 5.56 Å². The summed E-state index contributed by atoms with van der Waals surface area (Å²) in [5, 5.41) is 16.7. The van der Waals surface area contributed by atoms with Crippen LogP contribution < -0.4 is 4.90 Å². The first-order valence-corrected chi connectivity index (χ1v) is 5.39. The number of hydrogen-bond acceptors (Lipinski definition) is 4. The summed E-state index contributed by atoms with van der Waals surface area (Å²) in [6.45, 7) is 2.10. The Morgan fingerprint density at radius 2 is 2.31 bits per heavy atom. The highest BCUT2D eigenvalue weighted by atomic mass is 16.4.